The van der Waals surface area contributed by atoms with Crippen LogP contribution in [0.4, 0.5) is 0 Å². The molecule has 1 heterocycles. The summed E-state index contributed by atoms with van der Waals surface area (Å²) in [7, 11) is 0. The van der Waals surface area contributed by atoms with Crippen molar-refractivity contribution < 1.29 is 5.11 Å². The number of aliphatic hydroxyl groups excluding tert-OH is 1. The molecule has 3 aromatic rings. The Morgan fingerprint density at radius 2 is 1.65 bits per heavy atom. The van der Waals surface area contributed by atoms with Crippen LogP contribution in [0.15, 0.2) is 42.5 Å². The molecule has 0 aliphatic carbocycles. The summed E-state index contributed by atoms with van der Waals surface area (Å²) in [4.78, 5) is 0. The van der Waals surface area contributed by atoms with E-state index in [1.165, 1.54) is 0 Å². The lowest BCUT2D eigenvalue weighted by atomic mass is 10.1. The lowest BCUT2D eigenvalue weighted by molar-refractivity contribution is 0.275. The molecule has 1 aromatic heterocycles. The minimum absolute atomic E-state index is 0.148. The van der Waals surface area contributed by atoms with Crippen molar-refractivity contribution in [2.45, 2.75) is 13.5 Å². The van der Waals surface area contributed by atoms with Crippen LogP contribution in [0.1, 0.15) is 11.3 Å². The summed E-state index contributed by atoms with van der Waals surface area (Å²) in [6.07, 6.45) is 0. The molecule has 3 nitrogen and oxygen atoms in total. The van der Waals surface area contributed by atoms with E-state index in [-0.39, 0.29) is 6.61 Å². The highest BCUT2D eigenvalue weighted by Crippen LogP contribution is 2.33. The molecule has 0 aliphatic rings. The van der Waals surface area contributed by atoms with Crippen LogP contribution in [0.25, 0.3) is 16.9 Å². The smallest absolute Gasteiger partial charge is 0.0919 e. The van der Waals surface area contributed by atoms with Gasteiger partial charge in [0.2, 0.25) is 0 Å². The number of halogens is 3. The SMILES string of the molecule is Cc1c(CO)nn(-c2ccc(Cl)cc2Cl)c1-c1ccc(Cl)cc1. The minimum atomic E-state index is -0.148. The van der Waals surface area contributed by atoms with Gasteiger partial charge in [-0.05, 0) is 37.3 Å². The first-order valence-corrected chi connectivity index (χ1v) is 8.05. The van der Waals surface area contributed by atoms with Crippen molar-refractivity contribution in [1.29, 1.82) is 0 Å². The molecule has 0 spiro atoms. The summed E-state index contributed by atoms with van der Waals surface area (Å²) in [5.41, 5.74) is 3.98. The molecule has 0 radical (unpaired) electrons. The minimum Gasteiger partial charge on any atom is -0.390 e. The van der Waals surface area contributed by atoms with Gasteiger partial charge in [0.1, 0.15) is 0 Å². The first-order valence-electron chi connectivity index (χ1n) is 6.92. The van der Waals surface area contributed by atoms with Crippen molar-refractivity contribution in [3.8, 4) is 16.9 Å². The first kappa shape index (κ1) is 16.3. The van der Waals surface area contributed by atoms with Crippen LogP contribution in [0, 0.1) is 6.92 Å². The molecule has 2 aromatic carbocycles. The zero-order chi connectivity index (χ0) is 16.6. The number of rotatable bonds is 3. The van der Waals surface area contributed by atoms with Gasteiger partial charge < -0.3 is 5.11 Å². The highest BCUT2D eigenvalue weighted by molar-refractivity contribution is 6.35. The average Bonchev–Trinajstić information content (AvgIpc) is 2.85. The normalized spacial score (nSPS) is 11.0. The maximum Gasteiger partial charge on any atom is 0.0919 e. The highest BCUT2D eigenvalue weighted by Gasteiger charge is 2.18. The Hall–Kier alpha value is -1.52. The summed E-state index contributed by atoms with van der Waals surface area (Å²) in [6, 6.07) is 12.7. The van der Waals surface area contributed by atoms with E-state index >= 15 is 0 Å². The number of aromatic nitrogens is 2. The van der Waals surface area contributed by atoms with E-state index in [1.54, 1.807) is 22.9 Å². The van der Waals surface area contributed by atoms with E-state index in [1.807, 2.05) is 31.2 Å². The number of hydrogen-bond acceptors (Lipinski definition) is 2. The molecule has 6 heteroatoms. The van der Waals surface area contributed by atoms with Crippen molar-refractivity contribution in [3.05, 3.63) is 68.8 Å². The number of benzene rings is 2. The van der Waals surface area contributed by atoms with Gasteiger partial charge in [-0.25, -0.2) is 4.68 Å². The third-order valence-corrected chi connectivity index (χ3v) is 4.42. The molecule has 1 N–H and O–H groups in total. The standard InChI is InChI=1S/C17H13Cl3N2O/c1-10-15(9-23)21-22(16-7-6-13(19)8-14(16)20)17(10)11-2-4-12(18)5-3-11/h2-8,23H,9H2,1H3. The second kappa shape index (κ2) is 6.54. The fraction of sp³-hybridized carbons (Fsp3) is 0.118. The van der Waals surface area contributed by atoms with E-state index in [4.69, 9.17) is 34.8 Å². The number of nitrogens with zero attached hydrogens (tertiary/aromatic N) is 2. The molecular weight excluding hydrogens is 355 g/mol. The molecule has 118 valence electrons. The van der Waals surface area contributed by atoms with E-state index in [9.17, 15) is 5.11 Å². The Balaban J connectivity index is 2.26. The van der Waals surface area contributed by atoms with Crippen molar-refractivity contribution in [2.24, 2.45) is 0 Å². The van der Waals surface area contributed by atoms with Crippen LogP contribution >= 0.6 is 34.8 Å². The van der Waals surface area contributed by atoms with Crippen molar-refractivity contribution in [3.63, 3.8) is 0 Å². The molecular formula is C17H13Cl3N2O. The topological polar surface area (TPSA) is 38.1 Å². The third kappa shape index (κ3) is 3.10. The van der Waals surface area contributed by atoms with E-state index in [0.717, 1.165) is 16.8 Å². The molecule has 23 heavy (non-hydrogen) atoms. The average molecular weight is 368 g/mol. The first-order chi connectivity index (χ1) is 11.0. The molecule has 0 atom stereocenters. The summed E-state index contributed by atoms with van der Waals surface area (Å²) >= 11 is 18.3. The largest absolute Gasteiger partial charge is 0.390 e. The lowest BCUT2D eigenvalue weighted by Gasteiger charge is -2.11. The fourth-order valence-corrected chi connectivity index (χ4v) is 3.08. The van der Waals surface area contributed by atoms with Gasteiger partial charge in [0.25, 0.3) is 0 Å². The Bertz CT molecular complexity index is 857. The van der Waals surface area contributed by atoms with Crippen LogP contribution in [0.5, 0.6) is 0 Å². The van der Waals surface area contributed by atoms with Crippen molar-refractivity contribution in [1.82, 2.24) is 9.78 Å². The van der Waals surface area contributed by atoms with E-state index in [0.29, 0.717) is 26.4 Å². The van der Waals surface area contributed by atoms with Crippen LogP contribution in [-0.2, 0) is 6.61 Å². The Morgan fingerprint density at radius 3 is 2.26 bits per heavy atom. The molecule has 0 saturated carbocycles. The highest BCUT2D eigenvalue weighted by atomic mass is 35.5. The van der Waals surface area contributed by atoms with Gasteiger partial charge >= 0.3 is 0 Å². The Morgan fingerprint density at radius 1 is 1.00 bits per heavy atom. The molecule has 0 fully saturated rings. The number of aliphatic hydroxyl groups is 1. The fourth-order valence-electron chi connectivity index (χ4n) is 2.47. The zero-order valence-electron chi connectivity index (χ0n) is 12.2. The van der Waals surface area contributed by atoms with Crippen molar-refractivity contribution in [2.75, 3.05) is 0 Å². The van der Waals surface area contributed by atoms with Crippen LogP contribution in [-0.4, -0.2) is 14.9 Å². The van der Waals surface area contributed by atoms with E-state index in [2.05, 4.69) is 5.10 Å². The van der Waals surface area contributed by atoms with Gasteiger partial charge in [0, 0.05) is 21.2 Å². The van der Waals surface area contributed by atoms with Gasteiger partial charge in [-0.15, -0.1) is 0 Å². The molecule has 0 saturated heterocycles. The van der Waals surface area contributed by atoms with Crippen molar-refractivity contribution >= 4 is 34.8 Å². The second-order valence-corrected chi connectivity index (χ2v) is 6.37. The lowest BCUT2D eigenvalue weighted by Crippen LogP contribution is -2.01. The molecule has 0 aliphatic heterocycles. The molecule has 3 rings (SSSR count). The predicted molar refractivity (Wildman–Crippen MR) is 94.7 cm³/mol. The number of hydrogen-bond donors (Lipinski definition) is 1. The van der Waals surface area contributed by atoms with Crippen LogP contribution < -0.4 is 0 Å². The molecule has 0 bridgehead atoms. The summed E-state index contributed by atoms with van der Waals surface area (Å²) < 4.78 is 1.72. The van der Waals surface area contributed by atoms with Gasteiger partial charge in [-0.1, -0.05) is 46.9 Å². The summed E-state index contributed by atoms with van der Waals surface area (Å²) in [5, 5.41) is 15.7. The Labute approximate surface area is 149 Å². The van der Waals surface area contributed by atoms with Crippen LogP contribution in [0.3, 0.4) is 0 Å². The van der Waals surface area contributed by atoms with Gasteiger partial charge in [0.05, 0.1) is 28.7 Å². The van der Waals surface area contributed by atoms with Gasteiger partial charge in [-0.3, -0.25) is 0 Å². The zero-order valence-corrected chi connectivity index (χ0v) is 14.5. The van der Waals surface area contributed by atoms with E-state index < -0.39 is 0 Å². The summed E-state index contributed by atoms with van der Waals surface area (Å²) in [6.45, 7) is 1.77. The second-order valence-electron chi connectivity index (χ2n) is 5.09. The predicted octanol–water partition coefficient (Wildman–Crippen LogP) is 5.30. The van der Waals surface area contributed by atoms with Gasteiger partial charge in [0.15, 0.2) is 0 Å². The maximum absolute atomic E-state index is 9.56. The molecule has 0 amide bonds. The maximum atomic E-state index is 9.56. The van der Waals surface area contributed by atoms with Gasteiger partial charge in [-0.2, -0.15) is 5.10 Å². The quantitative estimate of drug-likeness (QED) is 0.682. The monoisotopic (exact) mass is 366 g/mol. The Kier molecular flexibility index (Phi) is 4.64. The molecule has 0 unspecified atom stereocenters. The third-order valence-electron chi connectivity index (χ3n) is 3.63. The summed E-state index contributed by atoms with van der Waals surface area (Å²) in [5.74, 6) is 0. The van der Waals surface area contributed by atoms with Crippen LogP contribution in [0.2, 0.25) is 15.1 Å².